The molecule has 0 saturated heterocycles. The predicted molar refractivity (Wildman–Crippen MR) is 44.2 cm³/mol. The fourth-order valence-corrected chi connectivity index (χ4v) is 1.46. The third kappa shape index (κ3) is 2.01. The molecule has 2 nitrogen and oxygen atoms in total. The number of alkyl halides is 6. The van der Waals surface area contributed by atoms with E-state index in [2.05, 4.69) is 4.42 Å². The standard InChI is InChI=1S/C9H8F6O2/c1-4-3-6(5(2)17-4)7(16,8(10,11)12)9(13,14)15/h3,16H,1-2H3. The molecule has 1 aromatic rings. The second kappa shape index (κ2) is 3.66. The summed E-state index contributed by atoms with van der Waals surface area (Å²) >= 11 is 0. The van der Waals surface area contributed by atoms with Gasteiger partial charge in [-0.25, -0.2) is 0 Å². The van der Waals surface area contributed by atoms with E-state index in [0.717, 1.165) is 6.92 Å². The van der Waals surface area contributed by atoms with E-state index >= 15 is 0 Å². The highest BCUT2D eigenvalue weighted by Crippen LogP contribution is 2.51. The lowest BCUT2D eigenvalue weighted by atomic mass is 9.92. The maximum atomic E-state index is 12.5. The first-order valence-electron chi connectivity index (χ1n) is 4.34. The van der Waals surface area contributed by atoms with Gasteiger partial charge in [-0.1, -0.05) is 0 Å². The van der Waals surface area contributed by atoms with E-state index in [9.17, 15) is 26.3 Å². The van der Waals surface area contributed by atoms with E-state index in [4.69, 9.17) is 5.11 Å². The molecule has 1 rings (SSSR count). The van der Waals surface area contributed by atoms with E-state index in [1.54, 1.807) is 0 Å². The highest BCUT2D eigenvalue weighted by molar-refractivity contribution is 5.30. The Kier molecular flexibility index (Phi) is 2.99. The first-order chi connectivity index (χ1) is 7.41. The van der Waals surface area contributed by atoms with Crippen molar-refractivity contribution < 1.29 is 35.9 Å². The van der Waals surface area contributed by atoms with Crippen molar-refractivity contribution in [2.45, 2.75) is 31.8 Å². The lowest BCUT2D eigenvalue weighted by molar-refractivity contribution is -0.376. The Morgan fingerprint density at radius 2 is 1.41 bits per heavy atom. The molecule has 1 N–H and O–H groups in total. The summed E-state index contributed by atoms with van der Waals surface area (Å²) in [5.41, 5.74) is -6.25. The molecular weight excluding hydrogens is 254 g/mol. The van der Waals surface area contributed by atoms with E-state index in [0.29, 0.717) is 6.07 Å². The monoisotopic (exact) mass is 262 g/mol. The summed E-state index contributed by atoms with van der Waals surface area (Å²) in [5.74, 6) is -0.774. The van der Waals surface area contributed by atoms with Crippen LogP contribution in [0, 0.1) is 13.8 Å². The van der Waals surface area contributed by atoms with Gasteiger partial charge in [0.2, 0.25) is 0 Å². The molecule has 0 amide bonds. The van der Waals surface area contributed by atoms with Gasteiger partial charge < -0.3 is 9.52 Å². The van der Waals surface area contributed by atoms with Gasteiger partial charge in [-0.15, -0.1) is 0 Å². The van der Waals surface area contributed by atoms with Gasteiger partial charge in [0.15, 0.2) is 0 Å². The lowest BCUT2D eigenvalue weighted by Gasteiger charge is -2.31. The zero-order valence-electron chi connectivity index (χ0n) is 8.70. The summed E-state index contributed by atoms with van der Waals surface area (Å²) in [7, 11) is 0. The second-order valence-corrected chi connectivity index (χ2v) is 3.53. The van der Waals surface area contributed by atoms with Crippen molar-refractivity contribution in [3.8, 4) is 0 Å². The smallest absolute Gasteiger partial charge is 0.430 e. The summed E-state index contributed by atoms with van der Waals surface area (Å²) in [6.45, 7) is 2.11. The topological polar surface area (TPSA) is 33.4 Å². The number of rotatable bonds is 1. The number of hydrogen-bond donors (Lipinski definition) is 1. The highest BCUT2D eigenvalue weighted by Gasteiger charge is 2.72. The number of aryl methyl sites for hydroxylation is 2. The Bertz CT molecular complexity index is 400. The number of furan rings is 1. The van der Waals surface area contributed by atoms with Crippen molar-refractivity contribution in [3.05, 3.63) is 23.2 Å². The van der Waals surface area contributed by atoms with Crippen LogP contribution in [0.2, 0.25) is 0 Å². The van der Waals surface area contributed by atoms with Gasteiger partial charge in [0.1, 0.15) is 11.5 Å². The van der Waals surface area contributed by atoms with Crippen LogP contribution >= 0.6 is 0 Å². The molecule has 17 heavy (non-hydrogen) atoms. The summed E-state index contributed by atoms with van der Waals surface area (Å²) in [4.78, 5) is 0. The van der Waals surface area contributed by atoms with E-state index in [-0.39, 0.29) is 5.76 Å². The van der Waals surface area contributed by atoms with Crippen LogP contribution in [0.4, 0.5) is 26.3 Å². The second-order valence-electron chi connectivity index (χ2n) is 3.53. The maximum absolute atomic E-state index is 12.5. The molecule has 0 atom stereocenters. The average Bonchev–Trinajstić information content (AvgIpc) is 2.40. The summed E-state index contributed by atoms with van der Waals surface area (Å²) in [6, 6.07) is 0.524. The van der Waals surface area contributed by atoms with Crippen LogP contribution in [0.5, 0.6) is 0 Å². The van der Waals surface area contributed by atoms with E-state index < -0.39 is 29.3 Å². The molecule has 0 aromatic carbocycles. The SMILES string of the molecule is Cc1cc(C(O)(C(F)(F)F)C(F)(F)F)c(C)o1. The molecule has 0 unspecified atom stereocenters. The van der Waals surface area contributed by atoms with Crippen molar-refractivity contribution in [1.82, 2.24) is 0 Å². The van der Waals surface area contributed by atoms with Crippen molar-refractivity contribution in [3.63, 3.8) is 0 Å². The summed E-state index contributed by atoms with van der Waals surface area (Å²) in [6.07, 6.45) is -11.8. The molecule has 8 heteroatoms. The fourth-order valence-electron chi connectivity index (χ4n) is 1.46. The van der Waals surface area contributed by atoms with Crippen molar-refractivity contribution in [2.75, 3.05) is 0 Å². The zero-order valence-corrected chi connectivity index (χ0v) is 8.70. The first kappa shape index (κ1) is 13.9. The predicted octanol–water partition coefficient (Wildman–Crippen LogP) is 3.21. The van der Waals surface area contributed by atoms with Crippen LogP contribution in [-0.4, -0.2) is 17.5 Å². The van der Waals surface area contributed by atoms with Crippen LogP contribution in [0.1, 0.15) is 17.1 Å². The molecule has 0 aliphatic carbocycles. The van der Waals surface area contributed by atoms with Gasteiger partial charge in [0, 0.05) is 5.56 Å². The first-order valence-corrected chi connectivity index (χ1v) is 4.34. The largest absolute Gasteiger partial charge is 0.466 e. The van der Waals surface area contributed by atoms with Crippen LogP contribution in [-0.2, 0) is 5.60 Å². The van der Waals surface area contributed by atoms with Crippen LogP contribution < -0.4 is 0 Å². The van der Waals surface area contributed by atoms with Crippen molar-refractivity contribution >= 4 is 0 Å². The number of hydrogen-bond acceptors (Lipinski definition) is 2. The molecule has 0 aliphatic heterocycles. The molecule has 0 radical (unpaired) electrons. The molecular formula is C9H8F6O2. The van der Waals surface area contributed by atoms with Crippen molar-refractivity contribution in [2.24, 2.45) is 0 Å². The zero-order chi connectivity index (χ0) is 13.6. The Hall–Kier alpha value is -1.18. The molecule has 0 saturated carbocycles. The minimum absolute atomic E-state index is 0.149. The molecule has 98 valence electrons. The molecule has 0 fully saturated rings. The number of aliphatic hydroxyl groups is 1. The Labute approximate surface area is 91.8 Å². The Balaban J connectivity index is 3.52. The van der Waals surface area contributed by atoms with Crippen LogP contribution in [0.3, 0.4) is 0 Å². The van der Waals surface area contributed by atoms with Gasteiger partial charge >= 0.3 is 12.4 Å². The Morgan fingerprint density at radius 1 is 1.00 bits per heavy atom. The highest BCUT2D eigenvalue weighted by atomic mass is 19.4. The van der Waals surface area contributed by atoms with Gasteiger partial charge in [0.05, 0.1) is 0 Å². The normalized spacial score (nSPS) is 14.2. The summed E-state index contributed by atoms with van der Waals surface area (Å²) < 4.78 is 79.4. The minimum Gasteiger partial charge on any atom is -0.466 e. The quantitative estimate of drug-likeness (QED) is 0.788. The van der Waals surface area contributed by atoms with E-state index in [1.165, 1.54) is 6.92 Å². The van der Waals surface area contributed by atoms with Gasteiger partial charge in [0.25, 0.3) is 5.60 Å². The van der Waals surface area contributed by atoms with E-state index in [1.807, 2.05) is 0 Å². The van der Waals surface area contributed by atoms with Crippen molar-refractivity contribution in [1.29, 1.82) is 0 Å². The minimum atomic E-state index is -5.88. The molecule has 1 aromatic heterocycles. The lowest BCUT2D eigenvalue weighted by Crippen LogP contribution is -2.54. The average molecular weight is 262 g/mol. The molecule has 0 bridgehead atoms. The maximum Gasteiger partial charge on any atom is 0.430 e. The molecule has 1 heterocycles. The third-order valence-electron chi connectivity index (χ3n) is 2.25. The van der Waals surface area contributed by atoms with Crippen LogP contribution in [0.15, 0.2) is 10.5 Å². The van der Waals surface area contributed by atoms with Crippen LogP contribution in [0.25, 0.3) is 0 Å². The van der Waals surface area contributed by atoms with Gasteiger partial charge in [-0.05, 0) is 19.9 Å². The van der Waals surface area contributed by atoms with Gasteiger partial charge in [-0.3, -0.25) is 0 Å². The third-order valence-corrected chi connectivity index (χ3v) is 2.25. The van der Waals surface area contributed by atoms with Gasteiger partial charge in [-0.2, -0.15) is 26.3 Å². The fraction of sp³-hybridized carbons (Fsp3) is 0.556. The summed E-state index contributed by atoms with van der Waals surface area (Å²) in [5, 5.41) is 9.04. The molecule has 0 spiro atoms. The molecule has 0 aliphatic rings. The number of halogens is 6. The Morgan fingerprint density at radius 3 is 1.65 bits per heavy atom.